The Bertz CT molecular complexity index is 244. The Morgan fingerprint density at radius 1 is 1.44 bits per heavy atom. The predicted molar refractivity (Wildman–Crippen MR) is 66.3 cm³/mol. The first-order chi connectivity index (χ1) is 7.58. The number of nitrogens with zero attached hydrogens (tertiary/aromatic N) is 1. The van der Waals surface area contributed by atoms with E-state index in [9.17, 15) is 5.11 Å². The molecule has 1 atom stereocenters. The van der Waals surface area contributed by atoms with E-state index in [0.29, 0.717) is 0 Å². The second-order valence-electron chi connectivity index (χ2n) is 4.70. The number of aliphatic hydroxyl groups excluding tert-OH is 1. The van der Waals surface area contributed by atoms with Gasteiger partial charge in [0.15, 0.2) is 0 Å². The topological polar surface area (TPSA) is 32.7 Å². The van der Waals surface area contributed by atoms with Crippen molar-refractivity contribution >= 4 is 0 Å². The first-order valence-corrected chi connectivity index (χ1v) is 6.26. The molecular formula is C13H25NO2. The Balaban J connectivity index is 2.89. The van der Waals surface area contributed by atoms with Gasteiger partial charge in [0.2, 0.25) is 0 Å². The van der Waals surface area contributed by atoms with Gasteiger partial charge in [0.1, 0.15) is 11.9 Å². The van der Waals surface area contributed by atoms with Gasteiger partial charge in [0.05, 0.1) is 12.1 Å². The van der Waals surface area contributed by atoms with E-state index in [4.69, 9.17) is 4.74 Å². The van der Waals surface area contributed by atoms with Crippen molar-refractivity contribution in [3.63, 3.8) is 0 Å². The number of ether oxygens (including phenoxy) is 1. The molecule has 0 aromatic rings. The minimum atomic E-state index is -0.516. The summed E-state index contributed by atoms with van der Waals surface area (Å²) in [6.45, 7) is 4.98. The zero-order chi connectivity index (χ0) is 12.2. The highest BCUT2D eigenvalue weighted by Crippen LogP contribution is 2.31. The Labute approximate surface area is 99.1 Å². The molecule has 1 aliphatic heterocycles. The molecule has 3 nitrogen and oxygen atoms in total. The Morgan fingerprint density at radius 2 is 2.06 bits per heavy atom. The summed E-state index contributed by atoms with van der Waals surface area (Å²) in [5, 5.41) is 10.5. The van der Waals surface area contributed by atoms with Gasteiger partial charge in [-0.3, -0.25) is 0 Å². The van der Waals surface area contributed by atoms with E-state index >= 15 is 0 Å². The monoisotopic (exact) mass is 227 g/mol. The van der Waals surface area contributed by atoms with Crippen LogP contribution in [0.25, 0.3) is 0 Å². The summed E-state index contributed by atoms with van der Waals surface area (Å²) in [6.07, 6.45) is 5.43. The van der Waals surface area contributed by atoms with Crippen LogP contribution < -0.4 is 0 Å². The van der Waals surface area contributed by atoms with Gasteiger partial charge in [-0.05, 0) is 45.9 Å². The van der Waals surface area contributed by atoms with Crippen molar-refractivity contribution in [1.82, 2.24) is 4.90 Å². The molecule has 1 N–H and O–H groups in total. The zero-order valence-corrected chi connectivity index (χ0v) is 11.0. The van der Waals surface area contributed by atoms with Gasteiger partial charge in [0, 0.05) is 0 Å². The second kappa shape index (κ2) is 5.69. The summed E-state index contributed by atoms with van der Waals surface area (Å²) in [7, 11) is 4.05. The van der Waals surface area contributed by atoms with Crippen LogP contribution in [-0.2, 0) is 4.74 Å². The van der Waals surface area contributed by atoms with E-state index in [2.05, 4.69) is 18.7 Å². The number of aliphatic hydroxyl groups is 1. The molecule has 0 saturated carbocycles. The molecule has 0 bridgehead atoms. The second-order valence-corrected chi connectivity index (χ2v) is 4.70. The molecule has 3 heteroatoms. The molecule has 0 fully saturated rings. The molecular weight excluding hydrogens is 202 g/mol. The van der Waals surface area contributed by atoms with Crippen molar-refractivity contribution in [2.75, 3.05) is 20.7 Å². The molecule has 0 aliphatic carbocycles. The van der Waals surface area contributed by atoms with Gasteiger partial charge < -0.3 is 14.7 Å². The maximum atomic E-state index is 10.5. The molecule has 0 radical (unpaired) electrons. The van der Waals surface area contributed by atoms with Crippen LogP contribution in [0.4, 0.5) is 0 Å². The first kappa shape index (κ1) is 13.5. The van der Waals surface area contributed by atoms with Crippen LogP contribution in [0.5, 0.6) is 0 Å². The molecule has 1 rings (SSSR count). The summed E-state index contributed by atoms with van der Waals surface area (Å²) in [6, 6.07) is 0. The quantitative estimate of drug-likeness (QED) is 0.781. The van der Waals surface area contributed by atoms with Gasteiger partial charge in [-0.15, -0.1) is 0 Å². The summed E-state index contributed by atoms with van der Waals surface area (Å²) in [4.78, 5) is 2.12. The highest BCUT2D eigenvalue weighted by Gasteiger charge is 2.40. The van der Waals surface area contributed by atoms with Gasteiger partial charge in [-0.1, -0.05) is 13.8 Å². The Hall–Kier alpha value is -0.540. The molecule has 94 valence electrons. The highest BCUT2D eigenvalue weighted by atomic mass is 16.5. The number of likely N-dealkylation sites (N-methyl/N-ethyl adjacent to an activating group) is 1. The van der Waals surface area contributed by atoms with Gasteiger partial charge in [-0.25, -0.2) is 0 Å². The van der Waals surface area contributed by atoms with Crippen LogP contribution in [0.15, 0.2) is 11.8 Å². The maximum absolute atomic E-state index is 10.5. The van der Waals surface area contributed by atoms with Crippen molar-refractivity contribution in [2.45, 2.75) is 51.2 Å². The SMILES string of the molecule is CCC(CC)(C(O)C1=CCCCO1)N(C)C. The largest absolute Gasteiger partial charge is 0.495 e. The summed E-state index contributed by atoms with van der Waals surface area (Å²) < 4.78 is 5.58. The fraction of sp³-hybridized carbons (Fsp3) is 0.846. The molecule has 0 aromatic carbocycles. The summed E-state index contributed by atoms with van der Waals surface area (Å²) in [5.74, 6) is 0.767. The minimum Gasteiger partial charge on any atom is -0.495 e. The standard InChI is InChI=1S/C13H25NO2/c1-5-13(6-2,14(3)4)12(15)11-9-7-8-10-16-11/h9,12,15H,5-8,10H2,1-4H3. The van der Waals surface area contributed by atoms with Crippen molar-refractivity contribution in [3.05, 3.63) is 11.8 Å². The zero-order valence-electron chi connectivity index (χ0n) is 11.0. The highest BCUT2D eigenvalue weighted by molar-refractivity contribution is 5.12. The van der Waals surface area contributed by atoms with Gasteiger partial charge in [0.25, 0.3) is 0 Å². The third-order valence-corrected chi connectivity index (χ3v) is 3.86. The minimum absolute atomic E-state index is 0.205. The lowest BCUT2D eigenvalue weighted by molar-refractivity contribution is -0.0280. The fourth-order valence-corrected chi connectivity index (χ4v) is 2.55. The van der Waals surface area contributed by atoms with Crippen molar-refractivity contribution in [3.8, 4) is 0 Å². The smallest absolute Gasteiger partial charge is 0.129 e. The molecule has 0 saturated heterocycles. The number of rotatable bonds is 5. The van der Waals surface area contributed by atoms with Crippen molar-refractivity contribution in [2.24, 2.45) is 0 Å². The molecule has 0 spiro atoms. The third kappa shape index (κ3) is 2.41. The lowest BCUT2D eigenvalue weighted by Crippen LogP contribution is -2.54. The van der Waals surface area contributed by atoms with Crippen LogP contribution in [0.3, 0.4) is 0 Å². The molecule has 0 aromatic heterocycles. The van der Waals surface area contributed by atoms with E-state index in [-0.39, 0.29) is 5.54 Å². The lowest BCUT2D eigenvalue weighted by Gasteiger charge is -2.43. The van der Waals surface area contributed by atoms with Crippen LogP contribution in [-0.4, -0.2) is 42.4 Å². The lowest BCUT2D eigenvalue weighted by atomic mass is 9.83. The average Bonchev–Trinajstić information content (AvgIpc) is 2.32. The van der Waals surface area contributed by atoms with Crippen LogP contribution in [0, 0.1) is 0 Å². The molecule has 16 heavy (non-hydrogen) atoms. The summed E-state index contributed by atoms with van der Waals surface area (Å²) in [5.41, 5.74) is -0.205. The van der Waals surface area contributed by atoms with Crippen molar-refractivity contribution in [1.29, 1.82) is 0 Å². The van der Waals surface area contributed by atoms with Gasteiger partial charge in [-0.2, -0.15) is 0 Å². The number of allylic oxidation sites excluding steroid dienone is 1. The molecule has 0 amide bonds. The molecule has 1 aliphatic rings. The Kier molecular flexibility index (Phi) is 4.81. The first-order valence-electron chi connectivity index (χ1n) is 6.26. The normalized spacial score (nSPS) is 19.2. The van der Waals surface area contributed by atoms with E-state index in [1.165, 1.54) is 0 Å². The third-order valence-electron chi connectivity index (χ3n) is 3.86. The number of hydrogen-bond acceptors (Lipinski definition) is 3. The van der Waals surface area contributed by atoms with Crippen LogP contribution >= 0.6 is 0 Å². The van der Waals surface area contributed by atoms with E-state index in [1.54, 1.807) is 0 Å². The van der Waals surface area contributed by atoms with Crippen LogP contribution in [0.2, 0.25) is 0 Å². The predicted octanol–water partition coefficient (Wildman–Crippen LogP) is 2.16. The van der Waals surface area contributed by atoms with E-state index in [0.717, 1.165) is 38.0 Å². The molecule has 1 unspecified atom stereocenters. The van der Waals surface area contributed by atoms with E-state index < -0.39 is 6.10 Å². The van der Waals surface area contributed by atoms with Gasteiger partial charge >= 0.3 is 0 Å². The summed E-state index contributed by atoms with van der Waals surface area (Å²) >= 11 is 0. The Morgan fingerprint density at radius 3 is 2.44 bits per heavy atom. The van der Waals surface area contributed by atoms with Crippen molar-refractivity contribution < 1.29 is 9.84 Å². The number of hydrogen-bond donors (Lipinski definition) is 1. The average molecular weight is 227 g/mol. The van der Waals surface area contributed by atoms with Crippen LogP contribution in [0.1, 0.15) is 39.5 Å². The fourth-order valence-electron chi connectivity index (χ4n) is 2.55. The van der Waals surface area contributed by atoms with E-state index in [1.807, 2.05) is 20.2 Å². The maximum Gasteiger partial charge on any atom is 0.129 e. The molecule has 1 heterocycles.